The van der Waals surface area contributed by atoms with Crippen LogP contribution in [0, 0.1) is 0 Å². The average molecular weight is 190 g/mol. The third-order valence-corrected chi connectivity index (χ3v) is 1.90. The summed E-state index contributed by atoms with van der Waals surface area (Å²) in [6, 6.07) is 0. The Kier molecular flexibility index (Phi) is 6.10. The minimum atomic E-state index is -0.0357. The number of hydrogen-bond acceptors (Lipinski definition) is 4. The first kappa shape index (κ1) is 10.9. The molecule has 0 aromatic heterocycles. The van der Waals surface area contributed by atoms with Crippen LogP contribution < -0.4 is 0 Å². The molecule has 0 spiro atoms. The van der Waals surface area contributed by atoms with Gasteiger partial charge in [-0.25, -0.2) is 0 Å². The van der Waals surface area contributed by atoms with Crippen LogP contribution in [0.3, 0.4) is 0 Å². The van der Waals surface area contributed by atoms with Gasteiger partial charge in [0.25, 0.3) is 0 Å². The fraction of sp³-hybridized carbons (Fsp3) is 1.00. The Labute approximate surface area is 78.8 Å². The Hall–Kier alpha value is -0.160. The van der Waals surface area contributed by atoms with Gasteiger partial charge in [0.2, 0.25) is 0 Å². The molecule has 4 heteroatoms. The van der Waals surface area contributed by atoms with Crippen molar-refractivity contribution < 1.29 is 19.3 Å². The van der Waals surface area contributed by atoms with E-state index in [-0.39, 0.29) is 12.9 Å². The molecule has 1 saturated heterocycles. The van der Waals surface area contributed by atoms with Crippen molar-refractivity contribution >= 4 is 0 Å². The van der Waals surface area contributed by atoms with E-state index in [4.69, 9.17) is 19.3 Å². The quantitative estimate of drug-likeness (QED) is 0.621. The van der Waals surface area contributed by atoms with Crippen molar-refractivity contribution in [3.63, 3.8) is 0 Å². The molecule has 1 N–H and O–H groups in total. The molecule has 0 saturated carbocycles. The lowest BCUT2D eigenvalue weighted by molar-refractivity contribution is -0.169. The summed E-state index contributed by atoms with van der Waals surface area (Å²) in [4.78, 5) is 0. The Morgan fingerprint density at radius 2 is 2.15 bits per heavy atom. The van der Waals surface area contributed by atoms with Crippen molar-refractivity contribution in [3.8, 4) is 0 Å². The van der Waals surface area contributed by atoms with Crippen molar-refractivity contribution in [2.75, 3.05) is 33.0 Å². The van der Waals surface area contributed by atoms with E-state index < -0.39 is 0 Å². The smallest absolute Gasteiger partial charge is 0.157 e. The minimum Gasteiger partial charge on any atom is -0.394 e. The van der Waals surface area contributed by atoms with Gasteiger partial charge < -0.3 is 19.3 Å². The first-order chi connectivity index (χ1) is 6.43. The van der Waals surface area contributed by atoms with E-state index in [2.05, 4.69) is 0 Å². The molecule has 1 atom stereocenters. The van der Waals surface area contributed by atoms with Gasteiger partial charge in [-0.2, -0.15) is 0 Å². The Morgan fingerprint density at radius 1 is 1.23 bits per heavy atom. The van der Waals surface area contributed by atoms with Gasteiger partial charge >= 0.3 is 0 Å². The molecule has 1 fully saturated rings. The number of ether oxygens (including phenoxy) is 3. The first-order valence-electron chi connectivity index (χ1n) is 4.85. The molecular weight excluding hydrogens is 172 g/mol. The molecule has 1 aliphatic heterocycles. The molecule has 0 amide bonds. The van der Waals surface area contributed by atoms with Gasteiger partial charge in [0, 0.05) is 6.61 Å². The second-order valence-corrected chi connectivity index (χ2v) is 3.00. The molecule has 0 unspecified atom stereocenters. The summed E-state index contributed by atoms with van der Waals surface area (Å²) in [5, 5.41) is 8.42. The van der Waals surface area contributed by atoms with Gasteiger partial charge in [-0.3, -0.25) is 0 Å². The highest BCUT2D eigenvalue weighted by Crippen LogP contribution is 2.13. The van der Waals surface area contributed by atoms with Crippen LogP contribution in [0.15, 0.2) is 0 Å². The maximum Gasteiger partial charge on any atom is 0.157 e. The molecule has 78 valence electrons. The molecule has 0 aromatic carbocycles. The highest BCUT2D eigenvalue weighted by atomic mass is 16.7. The molecule has 4 nitrogen and oxygen atoms in total. The van der Waals surface area contributed by atoms with E-state index in [1.54, 1.807) is 0 Å². The van der Waals surface area contributed by atoms with E-state index in [1.165, 1.54) is 6.42 Å². The van der Waals surface area contributed by atoms with Crippen molar-refractivity contribution in [2.45, 2.75) is 25.6 Å². The lowest BCUT2D eigenvalue weighted by Crippen LogP contribution is -2.24. The lowest BCUT2D eigenvalue weighted by atomic mass is 10.2. The van der Waals surface area contributed by atoms with Crippen molar-refractivity contribution in [1.82, 2.24) is 0 Å². The highest BCUT2D eigenvalue weighted by Gasteiger charge is 2.13. The molecule has 1 aliphatic rings. The molecule has 0 aliphatic carbocycles. The zero-order valence-corrected chi connectivity index (χ0v) is 7.91. The van der Waals surface area contributed by atoms with Crippen molar-refractivity contribution in [1.29, 1.82) is 0 Å². The molecule has 0 aromatic rings. The lowest BCUT2D eigenvalue weighted by Gasteiger charge is -2.22. The van der Waals surface area contributed by atoms with Crippen LogP contribution in [0.2, 0.25) is 0 Å². The van der Waals surface area contributed by atoms with Crippen LogP contribution in [-0.4, -0.2) is 44.4 Å². The van der Waals surface area contributed by atoms with Gasteiger partial charge in [-0.15, -0.1) is 0 Å². The van der Waals surface area contributed by atoms with Crippen LogP contribution in [0.4, 0.5) is 0 Å². The highest BCUT2D eigenvalue weighted by molar-refractivity contribution is 4.53. The summed E-state index contributed by atoms with van der Waals surface area (Å²) >= 11 is 0. The zero-order valence-electron chi connectivity index (χ0n) is 7.91. The maximum atomic E-state index is 8.42. The van der Waals surface area contributed by atoms with E-state index >= 15 is 0 Å². The summed E-state index contributed by atoms with van der Waals surface area (Å²) in [5.41, 5.74) is 0. The SMILES string of the molecule is OCCOCCO[C@@H]1CCCCO1. The largest absolute Gasteiger partial charge is 0.394 e. The standard InChI is InChI=1S/C9H18O4/c10-4-6-11-7-8-13-9-3-1-2-5-12-9/h9-10H,1-8H2/t9-/m1/s1. The molecule has 1 rings (SSSR count). The van der Waals surface area contributed by atoms with Crippen LogP contribution in [0.25, 0.3) is 0 Å². The van der Waals surface area contributed by atoms with Crippen LogP contribution in [0.1, 0.15) is 19.3 Å². The average Bonchev–Trinajstić information content (AvgIpc) is 2.19. The van der Waals surface area contributed by atoms with E-state index in [0.717, 1.165) is 19.4 Å². The van der Waals surface area contributed by atoms with Gasteiger partial charge in [-0.1, -0.05) is 0 Å². The topological polar surface area (TPSA) is 47.9 Å². The van der Waals surface area contributed by atoms with Gasteiger partial charge in [0.05, 0.1) is 26.4 Å². The van der Waals surface area contributed by atoms with E-state index in [1.807, 2.05) is 0 Å². The minimum absolute atomic E-state index is 0.0357. The molecule has 13 heavy (non-hydrogen) atoms. The monoisotopic (exact) mass is 190 g/mol. The summed E-state index contributed by atoms with van der Waals surface area (Å²) < 4.78 is 15.8. The fourth-order valence-corrected chi connectivity index (χ4v) is 1.25. The zero-order chi connectivity index (χ0) is 9.36. The second kappa shape index (κ2) is 7.26. The predicted octanol–water partition coefficient (Wildman–Crippen LogP) is 0.538. The summed E-state index contributed by atoms with van der Waals surface area (Å²) in [7, 11) is 0. The number of rotatable bonds is 6. The Morgan fingerprint density at radius 3 is 2.85 bits per heavy atom. The van der Waals surface area contributed by atoms with Crippen molar-refractivity contribution in [2.24, 2.45) is 0 Å². The van der Waals surface area contributed by atoms with Gasteiger partial charge in [0.15, 0.2) is 6.29 Å². The van der Waals surface area contributed by atoms with Crippen LogP contribution >= 0.6 is 0 Å². The van der Waals surface area contributed by atoms with E-state index in [0.29, 0.717) is 19.8 Å². The molecule has 0 radical (unpaired) electrons. The normalized spacial score (nSPS) is 23.3. The van der Waals surface area contributed by atoms with Crippen molar-refractivity contribution in [3.05, 3.63) is 0 Å². The number of hydrogen-bond donors (Lipinski definition) is 1. The molecule has 1 heterocycles. The van der Waals surface area contributed by atoms with Gasteiger partial charge in [-0.05, 0) is 19.3 Å². The van der Waals surface area contributed by atoms with Gasteiger partial charge in [0.1, 0.15) is 0 Å². The fourth-order valence-electron chi connectivity index (χ4n) is 1.25. The molecule has 0 bridgehead atoms. The Bertz CT molecular complexity index is 112. The van der Waals surface area contributed by atoms with Crippen LogP contribution in [0.5, 0.6) is 0 Å². The van der Waals surface area contributed by atoms with E-state index in [9.17, 15) is 0 Å². The summed E-state index contributed by atoms with van der Waals surface area (Å²) in [6.07, 6.45) is 3.27. The predicted molar refractivity (Wildman–Crippen MR) is 47.4 cm³/mol. The third kappa shape index (κ3) is 5.21. The Balaban J connectivity index is 1.86. The summed E-state index contributed by atoms with van der Waals surface area (Å²) in [5.74, 6) is 0. The number of aliphatic hydroxyl groups excluding tert-OH is 1. The summed E-state index contributed by atoms with van der Waals surface area (Å²) in [6.45, 7) is 2.34. The first-order valence-corrected chi connectivity index (χ1v) is 4.85. The number of aliphatic hydroxyl groups is 1. The maximum absolute atomic E-state index is 8.42. The molecular formula is C9H18O4. The third-order valence-electron chi connectivity index (χ3n) is 1.90. The second-order valence-electron chi connectivity index (χ2n) is 3.00. The van der Waals surface area contributed by atoms with Crippen LogP contribution in [-0.2, 0) is 14.2 Å².